The number of hydrogen-bond donors (Lipinski definition) is 2. The fourth-order valence-corrected chi connectivity index (χ4v) is 2.95. The van der Waals surface area contributed by atoms with Gasteiger partial charge in [0.05, 0.1) is 0 Å². The van der Waals surface area contributed by atoms with Crippen molar-refractivity contribution in [3.05, 3.63) is 83.9 Å². The molecule has 0 saturated heterocycles. The number of amides is 1. The zero-order valence-corrected chi connectivity index (χ0v) is 15.7. The highest BCUT2D eigenvalue weighted by Gasteiger charge is 2.22. The summed E-state index contributed by atoms with van der Waals surface area (Å²) in [7, 11) is 0. The van der Waals surface area contributed by atoms with Crippen molar-refractivity contribution in [2.45, 2.75) is 25.5 Å². The molecular weight excluding hydrogens is 370 g/mol. The summed E-state index contributed by atoms with van der Waals surface area (Å²) in [6, 6.07) is 20.9. The van der Waals surface area contributed by atoms with E-state index in [0.29, 0.717) is 5.56 Å². The maximum absolute atomic E-state index is 12.5. The Morgan fingerprint density at radius 1 is 0.897 bits per heavy atom. The van der Waals surface area contributed by atoms with Crippen molar-refractivity contribution in [2.24, 2.45) is 0 Å². The van der Waals surface area contributed by atoms with Crippen LogP contribution in [0.1, 0.15) is 28.8 Å². The average molecular weight is 391 g/mol. The van der Waals surface area contributed by atoms with Crippen molar-refractivity contribution >= 4 is 28.6 Å². The number of benzene rings is 3. The van der Waals surface area contributed by atoms with Gasteiger partial charge in [0.25, 0.3) is 0 Å². The predicted molar refractivity (Wildman–Crippen MR) is 109 cm³/mol. The van der Waals surface area contributed by atoms with Crippen LogP contribution in [0.4, 0.5) is 4.79 Å². The molecule has 2 N–H and O–H groups in total. The van der Waals surface area contributed by atoms with Crippen molar-refractivity contribution in [1.82, 2.24) is 5.32 Å². The van der Waals surface area contributed by atoms with E-state index >= 15 is 0 Å². The summed E-state index contributed by atoms with van der Waals surface area (Å²) < 4.78 is 5.05. The Kier molecular flexibility index (Phi) is 6.58. The zero-order valence-electron chi connectivity index (χ0n) is 15.7. The van der Waals surface area contributed by atoms with Crippen molar-refractivity contribution in [2.75, 3.05) is 0 Å². The second-order valence-electron chi connectivity index (χ2n) is 6.62. The molecule has 6 heteroatoms. The van der Waals surface area contributed by atoms with E-state index in [1.54, 1.807) is 24.3 Å². The van der Waals surface area contributed by atoms with Crippen LogP contribution in [0.3, 0.4) is 0 Å². The molecule has 6 nitrogen and oxygen atoms in total. The Bertz CT molecular complexity index is 1020. The quantitative estimate of drug-likeness (QED) is 0.562. The lowest BCUT2D eigenvalue weighted by Crippen LogP contribution is -2.41. The Morgan fingerprint density at radius 3 is 2.31 bits per heavy atom. The summed E-state index contributed by atoms with van der Waals surface area (Å²) in [6.45, 7) is 0.0367. The summed E-state index contributed by atoms with van der Waals surface area (Å²) in [5.41, 5.74) is 1.31. The number of alkyl carbamates (subject to hydrolysis) is 1. The van der Waals surface area contributed by atoms with Crippen LogP contribution < -0.4 is 5.32 Å². The third kappa shape index (κ3) is 5.65. The highest BCUT2D eigenvalue weighted by molar-refractivity contribution is 6.00. The van der Waals surface area contributed by atoms with Crippen molar-refractivity contribution < 1.29 is 24.2 Å². The summed E-state index contributed by atoms with van der Waals surface area (Å²) in [5, 5.41) is 13.6. The minimum absolute atomic E-state index is 0.00568. The van der Waals surface area contributed by atoms with E-state index in [0.717, 1.165) is 16.3 Å². The fraction of sp³-hybridized carbons (Fsp3) is 0.174. The molecule has 0 heterocycles. The molecule has 3 aromatic rings. The molecule has 29 heavy (non-hydrogen) atoms. The maximum atomic E-state index is 12.5. The molecular formula is C23H21NO5. The first-order valence-electron chi connectivity index (χ1n) is 9.25. The summed E-state index contributed by atoms with van der Waals surface area (Å²) in [4.78, 5) is 35.8. The van der Waals surface area contributed by atoms with Gasteiger partial charge in [-0.15, -0.1) is 0 Å². The molecule has 0 spiro atoms. The molecule has 0 fully saturated rings. The number of Topliss-reactive ketones (excluding diaryl/α,β-unsaturated/α-hetero) is 1. The van der Waals surface area contributed by atoms with E-state index in [1.165, 1.54) is 0 Å². The predicted octanol–water partition coefficient (Wildman–Crippen LogP) is 4.18. The van der Waals surface area contributed by atoms with Crippen molar-refractivity contribution in [3.8, 4) is 0 Å². The van der Waals surface area contributed by atoms with Crippen LogP contribution in [0.15, 0.2) is 72.8 Å². The summed E-state index contributed by atoms with van der Waals surface area (Å²) in [5.74, 6) is -1.39. The average Bonchev–Trinajstić information content (AvgIpc) is 2.75. The molecule has 0 radical (unpaired) electrons. The zero-order chi connectivity index (χ0) is 20.6. The highest BCUT2D eigenvalue weighted by Crippen LogP contribution is 2.17. The van der Waals surface area contributed by atoms with Gasteiger partial charge in [-0.1, -0.05) is 66.7 Å². The number of fused-ring (bicyclic) bond motifs is 1. The molecule has 1 atom stereocenters. The first kappa shape index (κ1) is 20.1. The van der Waals surface area contributed by atoms with Crippen LogP contribution in [0.2, 0.25) is 0 Å². The van der Waals surface area contributed by atoms with Gasteiger partial charge in [-0.25, -0.2) is 9.59 Å². The van der Waals surface area contributed by atoms with Gasteiger partial charge < -0.3 is 15.2 Å². The van der Waals surface area contributed by atoms with Crippen molar-refractivity contribution in [3.63, 3.8) is 0 Å². The maximum Gasteiger partial charge on any atom is 0.408 e. The van der Waals surface area contributed by atoms with E-state index in [2.05, 4.69) is 5.32 Å². The van der Waals surface area contributed by atoms with Crippen LogP contribution >= 0.6 is 0 Å². The van der Waals surface area contributed by atoms with E-state index in [9.17, 15) is 19.5 Å². The van der Waals surface area contributed by atoms with Crippen LogP contribution in [-0.4, -0.2) is 29.0 Å². The monoisotopic (exact) mass is 391 g/mol. The number of ketones is 1. The molecule has 0 saturated carbocycles. The van der Waals surface area contributed by atoms with E-state index in [-0.39, 0.29) is 25.2 Å². The van der Waals surface area contributed by atoms with Gasteiger partial charge in [-0.05, 0) is 28.8 Å². The van der Waals surface area contributed by atoms with Crippen LogP contribution in [0, 0.1) is 0 Å². The number of hydrogen-bond acceptors (Lipinski definition) is 4. The first-order valence-corrected chi connectivity index (χ1v) is 9.25. The van der Waals surface area contributed by atoms with Gasteiger partial charge in [0.15, 0.2) is 5.78 Å². The van der Waals surface area contributed by atoms with Gasteiger partial charge in [-0.3, -0.25) is 4.79 Å². The van der Waals surface area contributed by atoms with Crippen LogP contribution in [-0.2, 0) is 16.1 Å². The lowest BCUT2D eigenvalue weighted by atomic mass is 10.0. The summed E-state index contributed by atoms with van der Waals surface area (Å²) >= 11 is 0. The summed E-state index contributed by atoms with van der Waals surface area (Å²) in [6.07, 6.45) is -0.866. The molecule has 0 aliphatic carbocycles. The minimum Gasteiger partial charge on any atom is -0.480 e. The van der Waals surface area contributed by atoms with E-state index in [4.69, 9.17) is 4.74 Å². The second kappa shape index (κ2) is 9.50. The van der Waals surface area contributed by atoms with Gasteiger partial charge in [0, 0.05) is 12.0 Å². The third-order valence-electron chi connectivity index (χ3n) is 4.53. The lowest BCUT2D eigenvalue weighted by molar-refractivity contribution is -0.139. The van der Waals surface area contributed by atoms with Crippen molar-refractivity contribution in [1.29, 1.82) is 0 Å². The third-order valence-corrected chi connectivity index (χ3v) is 4.53. The Morgan fingerprint density at radius 2 is 1.59 bits per heavy atom. The largest absolute Gasteiger partial charge is 0.480 e. The second-order valence-corrected chi connectivity index (χ2v) is 6.62. The molecule has 0 aromatic heterocycles. The molecule has 0 aliphatic heterocycles. The number of carbonyl (C=O) groups is 3. The number of ether oxygens (including phenoxy) is 1. The molecule has 0 bridgehead atoms. The normalized spacial score (nSPS) is 11.6. The molecule has 1 amide bonds. The van der Waals surface area contributed by atoms with E-state index < -0.39 is 18.1 Å². The molecule has 3 rings (SSSR count). The Labute approximate surface area is 168 Å². The number of nitrogens with one attached hydrogen (secondary N) is 1. The van der Waals surface area contributed by atoms with Gasteiger partial charge in [-0.2, -0.15) is 0 Å². The SMILES string of the molecule is O=C(NC(CCC(=O)c1ccc2ccccc2c1)C(=O)O)OCc1ccccc1. The van der Waals surface area contributed by atoms with Gasteiger partial charge in [0.1, 0.15) is 12.6 Å². The van der Waals surface area contributed by atoms with Crippen LogP contribution in [0.5, 0.6) is 0 Å². The number of carbonyl (C=O) groups excluding carboxylic acids is 2. The highest BCUT2D eigenvalue weighted by atomic mass is 16.5. The van der Waals surface area contributed by atoms with Gasteiger partial charge >= 0.3 is 12.1 Å². The number of rotatable bonds is 8. The first-order chi connectivity index (χ1) is 14.0. The Hall–Kier alpha value is -3.67. The number of carboxylic acids is 1. The smallest absolute Gasteiger partial charge is 0.408 e. The van der Waals surface area contributed by atoms with Crippen LogP contribution in [0.25, 0.3) is 10.8 Å². The number of aliphatic carboxylic acids is 1. The molecule has 148 valence electrons. The fourth-order valence-electron chi connectivity index (χ4n) is 2.95. The minimum atomic E-state index is -1.21. The van der Waals surface area contributed by atoms with Gasteiger partial charge in [0.2, 0.25) is 0 Å². The Balaban J connectivity index is 1.54. The topological polar surface area (TPSA) is 92.7 Å². The standard InChI is InChI=1S/C23H21NO5/c25-21(19-11-10-17-8-4-5-9-18(17)14-19)13-12-20(22(26)27)24-23(28)29-15-16-6-2-1-3-7-16/h1-11,14,20H,12-13,15H2,(H,24,28)(H,26,27). The molecule has 0 aliphatic rings. The number of carboxylic acid groups (broad SMARTS) is 1. The molecule has 3 aromatic carbocycles. The lowest BCUT2D eigenvalue weighted by Gasteiger charge is -2.14. The molecule has 1 unspecified atom stereocenters. The van der Waals surface area contributed by atoms with E-state index in [1.807, 2.05) is 48.5 Å².